The molecule has 0 radical (unpaired) electrons. The largest absolute Gasteiger partial charge is 0.502 e. The van der Waals surface area contributed by atoms with Crippen molar-refractivity contribution in [2.24, 2.45) is 0 Å². The van der Waals surface area contributed by atoms with E-state index in [0.717, 1.165) is 5.56 Å². The molecule has 0 aliphatic carbocycles. The summed E-state index contributed by atoms with van der Waals surface area (Å²) in [6.07, 6.45) is 0. The monoisotopic (exact) mass is 247 g/mol. The van der Waals surface area contributed by atoms with Crippen LogP contribution in [-0.2, 0) is 4.74 Å². The number of pyridine rings is 1. The Morgan fingerprint density at radius 2 is 2.17 bits per heavy atom. The Bertz CT molecular complexity index is 672. The van der Waals surface area contributed by atoms with E-state index in [1.54, 1.807) is 19.1 Å². The molecule has 1 aromatic heterocycles. The van der Waals surface area contributed by atoms with Crippen LogP contribution in [0.2, 0.25) is 0 Å². The zero-order valence-corrected chi connectivity index (χ0v) is 10.1. The molecule has 5 nitrogen and oxygen atoms in total. The van der Waals surface area contributed by atoms with Crippen LogP contribution in [0.4, 0.5) is 0 Å². The molecule has 0 bridgehead atoms. The first kappa shape index (κ1) is 12.2. The Morgan fingerprint density at radius 3 is 2.83 bits per heavy atom. The number of benzene rings is 1. The van der Waals surface area contributed by atoms with Gasteiger partial charge in [-0.1, -0.05) is 18.2 Å². The molecule has 0 fully saturated rings. The smallest absolute Gasteiger partial charge is 0.342 e. The van der Waals surface area contributed by atoms with Crippen LogP contribution in [-0.4, -0.2) is 22.7 Å². The Hall–Kier alpha value is -2.30. The molecule has 0 saturated carbocycles. The Labute approximate surface area is 103 Å². The first-order chi connectivity index (χ1) is 8.56. The summed E-state index contributed by atoms with van der Waals surface area (Å²) in [6, 6.07) is 5.21. The molecule has 2 N–H and O–H groups in total. The number of nitrogens with one attached hydrogen (secondary N) is 1. The predicted molar refractivity (Wildman–Crippen MR) is 66.9 cm³/mol. The van der Waals surface area contributed by atoms with Gasteiger partial charge in [-0.2, -0.15) is 0 Å². The van der Waals surface area contributed by atoms with Crippen LogP contribution >= 0.6 is 0 Å². The maximum absolute atomic E-state index is 11.8. The molecule has 1 aromatic carbocycles. The topological polar surface area (TPSA) is 79.4 Å². The van der Waals surface area contributed by atoms with Crippen molar-refractivity contribution in [3.63, 3.8) is 0 Å². The summed E-state index contributed by atoms with van der Waals surface area (Å²) < 4.78 is 4.86. The number of rotatable bonds is 2. The van der Waals surface area contributed by atoms with Gasteiger partial charge >= 0.3 is 5.97 Å². The lowest BCUT2D eigenvalue weighted by Gasteiger charge is -2.09. The molecule has 0 amide bonds. The van der Waals surface area contributed by atoms with Crippen LogP contribution in [0.3, 0.4) is 0 Å². The van der Waals surface area contributed by atoms with E-state index in [1.807, 2.05) is 13.0 Å². The highest BCUT2D eigenvalue weighted by molar-refractivity contribution is 6.06. The number of aromatic amines is 1. The van der Waals surface area contributed by atoms with Gasteiger partial charge in [0.25, 0.3) is 5.56 Å². The molecule has 0 spiro atoms. The van der Waals surface area contributed by atoms with Crippen LogP contribution in [0.15, 0.2) is 23.0 Å². The normalized spacial score (nSPS) is 10.6. The number of aryl methyl sites for hydroxylation is 1. The van der Waals surface area contributed by atoms with Gasteiger partial charge in [0.1, 0.15) is 5.56 Å². The van der Waals surface area contributed by atoms with Gasteiger partial charge in [-0.3, -0.25) is 4.79 Å². The number of hydrogen-bond donors (Lipinski definition) is 2. The van der Waals surface area contributed by atoms with Crippen molar-refractivity contribution in [1.82, 2.24) is 4.98 Å². The van der Waals surface area contributed by atoms with Gasteiger partial charge in [0.05, 0.1) is 12.1 Å². The van der Waals surface area contributed by atoms with Crippen LogP contribution in [0, 0.1) is 6.92 Å². The van der Waals surface area contributed by atoms with E-state index in [-0.39, 0.29) is 12.2 Å². The minimum Gasteiger partial charge on any atom is -0.502 e. The van der Waals surface area contributed by atoms with Gasteiger partial charge in [-0.25, -0.2) is 4.79 Å². The molecule has 94 valence electrons. The number of esters is 1. The minimum atomic E-state index is -0.697. The third-order valence-corrected chi connectivity index (χ3v) is 2.71. The van der Waals surface area contributed by atoms with Gasteiger partial charge in [0.15, 0.2) is 5.75 Å². The van der Waals surface area contributed by atoms with Crippen molar-refractivity contribution in [2.75, 3.05) is 6.61 Å². The molecule has 0 aliphatic rings. The average Bonchev–Trinajstić information content (AvgIpc) is 2.32. The van der Waals surface area contributed by atoms with Gasteiger partial charge in [0.2, 0.25) is 0 Å². The number of ether oxygens (including phenoxy) is 1. The van der Waals surface area contributed by atoms with E-state index in [9.17, 15) is 14.7 Å². The Morgan fingerprint density at radius 1 is 1.44 bits per heavy atom. The summed E-state index contributed by atoms with van der Waals surface area (Å²) in [7, 11) is 0. The summed E-state index contributed by atoms with van der Waals surface area (Å²) in [4.78, 5) is 26.0. The standard InChI is InChI=1S/C13H13NO4/c1-3-18-13(17)9-8-6-4-5-7(2)10(8)14-12(16)11(9)15/h4-6,15H,3H2,1-2H3,(H,14,16). The van der Waals surface area contributed by atoms with E-state index >= 15 is 0 Å². The highest BCUT2D eigenvalue weighted by Gasteiger charge is 2.20. The van der Waals surface area contributed by atoms with Crippen LogP contribution < -0.4 is 5.56 Å². The van der Waals surface area contributed by atoms with Crippen molar-refractivity contribution in [1.29, 1.82) is 0 Å². The van der Waals surface area contributed by atoms with Gasteiger partial charge in [0, 0.05) is 5.39 Å². The van der Waals surface area contributed by atoms with E-state index in [2.05, 4.69) is 4.98 Å². The van der Waals surface area contributed by atoms with Crippen LogP contribution in [0.1, 0.15) is 22.8 Å². The summed E-state index contributed by atoms with van der Waals surface area (Å²) in [5.74, 6) is -1.30. The average molecular weight is 247 g/mol. The summed E-state index contributed by atoms with van der Waals surface area (Å²) in [5.41, 5.74) is 0.567. The second kappa shape index (κ2) is 4.52. The van der Waals surface area contributed by atoms with E-state index in [0.29, 0.717) is 10.9 Å². The van der Waals surface area contributed by atoms with E-state index in [1.165, 1.54) is 0 Å². The number of H-pyrrole nitrogens is 1. The molecule has 5 heteroatoms. The third kappa shape index (κ3) is 1.84. The second-order valence-electron chi connectivity index (χ2n) is 3.90. The number of aromatic hydroxyl groups is 1. The number of carbonyl (C=O) groups is 1. The fourth-order valence-corrected chi connectivity index (χ4v) is 1.87. The van der Waals surface area contributed by atoms with Crippen LogP contribution in [0.5, 0.6) is 5.75 Å². The first-order valence-electron chi connectivity index (χ1n) is 5.58. The Balaban J connectivity index is 2.85. The fourth-order valence-electron chi connectivity index (χ4n) is 1.87. The molecule has 2 rings (SSSR count). The van der Waals surface area contributed by atoms with Crippen molar-refractivity contribution in [3.05, 3.63) is 39.7 Å². The molecule has 2 aromatic rings. The summed E-state index contributed by atoms with van der Waals surface area (Å²) in [6.45, 7) is 3.65. The number of aromatic nitrogens is 1. The lowest BCUT2D eigenvalue weighted by molar-refractivity contribution is 0.0525. The molecular weight excluding hydrogens is 234 g/mol. The highest BCUT2D eigenvalue weighted by atomic mass is 16.5. The zero-order chi connectivity index (χ0) is 13.3. The molecule has 0 aliphatic heterocycles. The SMILES string of the molecule is CCOC(=O)c1c(O)c(=O)[nH]c2c(C)cccc12. The van der Waals surface area contributed by atoms with Gasteiger partial charge in [-0.15, -0.1) is 0 Å². The highest BCUT2D eigenvalue weighted by Crippen LogP contribution is 2.24. The second-order valence-corrected chi connectivity index (χ2v) is 3.90. The zero-order valence-electron chi connectivity index (χ0n) is 10.1. The molecule has 0 atom stereocenters. The van der Waals surface area contributed by atoms with E-state index < -0.39 is 17.3 Å². The molecule has 1 heterocycles. The van der Waals surface area contributed by atoms with E-state index in [4.69, 9.17) is 4.74 Å². The van der Waals surface area contributed by atoms with Crippen molar-refractivity contribution < 1.29 is 14.6 Å². The molecular formula is C13H13NO4. The molecule has 18 heavy (non-hydrogen) atoms. The molecule has 0 unspecified atom stereocenters. The molecule has 0 saturated heterocycles. The quantitative estimate of drug-likeness (QED) is 0.792. The van der Waals surface area contributed by atoms with Crippen molar-refractivity contribution >= 4 is 16.9 Å². The lowest BCUT2D eigenvalue weighted by Crippen LogP contribution is -2.14. The third-order valence-electron chi connectivity index (χ3n) is 2.71. The predicted octanol–water partition coefficient (Wildman–Crippen LogP) is 1.72. The van der Waals surface area contributed by atoms with Crippen molar-refractivity contribution in [3.8, 4) is 5.75 Å². The van der Waals surface area contributed by atoms with Crippen LogP contribution in [0.25, 0.3) is 10.9 Å². The van der Waals surface area contributed by atoms with Gasteiger partial charge in [-0.05, 0) is 19.4 Å². The van der Waals surface area contributed by atoms with Crippen molar-refractivity contribution in [2.45, 2.75) is 13.8 Å². The number of fused-ring (bicyclic) bond motifs is 1. The number of carbonyl (C=O) groups excluding carboxylic acids is 1. The maximum Gasteiger partial charge on any atom is 0.342 e. The lowest BCUT2D eigenvalue weighted by atomic mass is 10.1. The number of para-hydroxylation sites is 1. The van der Waals surface area contributed by atoms with Gasteiger partial charge < -0.3 is 14.8 Å². The first-order valence-corrected chi connectivity index (χ1v) is 5.58. The fraction of sp³-hybridized carbons (Fsp3) is 0.231. The summed E-state index contributed by atoms with van der Waals surface area (Å²) in [5, 5.41) is 10.2. The summed E-state index contributed by atoms with van der Waals surface area (Å²) >= 11 is 0. The minimum absolute atomic E-state index is 0.0840. The Kier molecular flexibility index (Phi) is 3.06. The maximum atomic E-state index is 11.8. The number of hydrogen-bond acceptors (Lipinski definition) is 4.